The van der Waals surface area contributed by atoms with Crippen LogP contribution in [0.15, 0.2) is 48.7 Å². The molecule has 2 aliphatic carbocycles. The maximum atomic E-state index is 14.2. The second-order valence-electron chi connectivity index (χ2n) is 13.0. The van der Waals surface area contributed by atoms with Crippen LogP contribution in [0.5, 0.6) is 0 Å². The molecule has 3 aromatic rings. The molecule has 0 N–H and O–H groups in total. The average Bonchev–Trinajstić information content (AvgIpc) is 3.94. The number of piperazine rings is 1. The van der Waals surface area contributed by atoms with Crippen molar-refractivity contribution >= 4 is 34.9 Å². The highest BCUT2D eigenvalue weighted by Gasteiger charge is 2.66. The summed E-state index contributed by atoms with van der Waals surface area (Å²) < 4.78 is 48.5. The molecular weight excluding hydrogens is 619 g/mol. The monoisotopic (exact) mass is 655 g/mol. The Hall–Kier alpha value is -3.73. The van der Waals surface area contributed by atoms with Crippen molar-refractivity contribution in [3.8, 4) is 11.1 Å². The molecule has 2 aromatic carbocycles. The number of anilines is 2. The van der Waals surface area contributed by atoms with E-state index >= 15 is 0 Å². The van der Waals surface area contributed by atoms with Gasteiger partial charge in [-0.3, -0.25) is 9.48 Å². The zero-order valence-electron chi connectivity index (χ0n) is 25.7. The molecule has 2 saturated carbocycles. The van der Waals surface area contributed by atoms with Crippen LogP contribution < -0.4 is 9.80 Å². The molecule has 7 rings (SSSR count). The molecule has 2 saturated heterocycles. The van der Waals surface area contributed by atoms with E-state index in [1.54, 1.807) is 6.92 Å². The molecule has 0 bridgehead atoms. The summed E-state index contributed by atoms with van der Waals surface area (Å²) in [5, 5.41) is 4.57. The second kappa shape index (κ2) is 11.8. The van der Waals surface area contributed by atoms with Crippen molar-refractivity contribution in [2.24, 2.45) is 11.3 Å². The SMILES string of the molecule is CCOC(=O)c1cnn(C2CCCN(c3cc(Cl)ccc3-c3ccc(N4CCN(C(=O)C5CC56CC6)CC4)cc3)C2)c1C(F)(F)F. The van der Waals surface area contributed by atoms with Gasteiger partial charge in [0.15, 0.2) is 5.69 Å². The van der Waals surface area contributed by atoms with Gasteiger partial charge in [0, 0.05) is 67.1 Å². The quantitative estimate of drug-likeness (QED) is 0.264. The van der Waals surface area contributed by atoms with Gasteiger partial charge in [0.1, 0.15) is 5.56 Å². The highest BCUT2D eigenvalue weighted by molar-refractivity contribution is 6.31. The Morgan fingerprint density at radius 1 is 1.02 bits per heavy atom. The molecule has 2 unspecified atom stereocenters. The lowest BCUT2D eigenvalue weighted by Gasteiger charge is -2.37. The van der Waals surface area contributed by atoms with Crippen LogP contribution >= 0.6 is 11.6 Å². The summed E-state index contributed by atoms with van der Waals surface area (Å²) in [7, 11) is 0. The standard InChI is InChI=1S/C34H37ClF3N5O3/c1-2-46-32(45)27-20-39-43(30(27)34(36,37)38)25-4-3-13-42(21-25)29-18-23(35)7-10-26(29)22-5-8-24(9-6-22)40-14-16-41(17-15-40)31(44)28-19-33(28)11-12-33/h5-10,18,20,25,28H,2-4,11-17,19,21H2,1H3. The van der Waals surface area contributed by atoms with Crippen LogP contribution in [0.4, 0.5) is 24.5 Å². The first kappa shape index (κ1) is 30.9. The number of alkyl halides is 3. The van der Waals surface area contributed by atoms with Crippen molar-refractivity contribution in [3.05, 3.63) is 64.9 Å². The van der Waals surface area contributed by atoms with Gasteiger partial charge in [-0.2, -0.15) is 18.3 Å². The first-order valence-electron chi connectivity index (χ1n) is 16.1. The highest BCUT2D eigenvalue weighted by atomic mass is 35.5. The smallest absolute Gasteiger partial charge is 0.433 e. The number of esters is 1. The number of hydrogen-bond donors (Lipinski definition) is 0. The van der Waals surface area contributed by atoms with E-state index in [1.807, 2.05) is 23.1 Å². The second-order valence-corrected chi connectivity index (χ2v) is 13.4. The van der Waals surface area contributed by atoms with Gasteiger partial charge < -0.3 is 19.4 Å². The number of aromatic nitrogens is 2. The first-order chi connectivity index (χ1) is 22.1. The third-order valence-electron chi connectivity index (χ3n) is 10.1. The number of benzene rings is 2. The fraction of sp³-hybridized carbons (Fsp3) is 0.500. The fourth-order valence-electron chi connectivity index (χ4n) is 7.33. The van der Waals surface area contributed by atoms with E-state index in [4.69, 9.17) is 16.3 Å². The molecule has 46 heavy (non-hydrogen) atoms. The molecule has 12 heteroatoms. The lowest BCUT2D eigenvalue weighted by atomic mass is 9.99. The van der Waals surface area contributed by atoms with Crippen LogP contribution in [0.3, 0.4) is 0 Å². The summed E-state index contributed by atoms with van der Waals surface area (Å²) in [6, 6.07) is 13.3. The van der Waals surface area contributed by atoms with Crippen molar-refractivity contribution in [1.29, 1.82) is 0 Å². The van der Waals surface area contributed by atoms with Gasteiger partial charge in [-0.15, -0.1) is 0 Å². The zero-order valence-corrected chi connectivity index (χ0v) is 26.5. The van der Waals surface area contributed by atoms with E-state index in [0.717, 1.165) is 66.0 Å². The number of amides is 1. The number of halogens is 4. The minimum absolute atomic E-state index is 0.0322. The van der Waals surface area contributed by atoms with E-state index in [2.05, 4.69) is 39.2 Å². The van der Waals surface area contributed by atoms with Crippen molar-refractivity contribution in [2.45, 2.75) is 51.2 Å². The molecule has 0 radical (unpaired) electrons. The number of carbonyl (C=O) groups is 2. The highest BCUT2D eigenvalue weighted by Crippen LogP contribution is 2.71. The van der Waals surface area contributed by atoms with E-state index in [1.165, 1.54) is 12.8 Å². The molecule has 3 heterocycles. The van der Waals surface area contributed by atoms with E-state index in [9.17, 15) is 22.8 Å². The van der Waals surface area contributed by atoms with Crippen molar-refractivity contribution in [3.63, 3.8) is 0 Å². The third-order valence-corrected chi connectivity index (χ3v) is 10.4. The van der Waals surface area contributed by atoms with Crippen LogP contribution in [-0.2, 0) is 15.7 Å². The summed E-state index contributed by atoms with van der Waals surface area (Å²) in [6.07, 6.45) is 0.803. The molecule has 244 valence electrons. The molecule has 2 aliphatic heterocycles. The lowest BCUT2D eigenvalue weighted by Crippen LogP contribution is -2.49. The van der Waals surface area contributed by atoms with E-state index in [-0.39, 0.29) is 19.1 Å². The number of rotatable bonds is 7. The maximum Gasteiger partial charge on any atom is 0.433 e. The van der Waals surface area contributed by atoms with E-state index < -0.39 is 29.4 Å². The van der Waals surface area contributed by atoms with Crippen LogP contribution in [0.1, 0.15) is 61.1 Å². The molecule has 1 spiro atoms. The maximum absolute atomic E-state index is 14.2. The van der Waals surface area contributed by atoms with Gasteiger partial charge in [-0.1, -0.05) is 29.8 Å². The Labute approximate surface area is 271 Å². The number of hydrogen-bond acceptors (Lipinski definition) is 6. The van der Waals surface area contributed by atoms with Crippen molar-refractivity contribution in [2.75, 3.05) is 55.7 Å². The van der Waals surface area contributed by atoms with Gasteiger partial charge in [0.05, 0.1) is 18.8 Å². The van der Waals surface area contributed by atoms with Crippen LogP contribution in [-0.4, -0.2) is 72.4 Å². The van der Waals surface area contributed by atoms with Gasteiger partial charge in [0.25, 0.3) is 0 Å². The fourth-order valence-corrected chi connectivity index (χ4v) is 7.50. The molecule has 1 aromatic heterocycles. The zero-order chi connectivity index (χ0) is 32.2. The molecule has 4 aliphatic rings. The van der Waals surface area contributed by atoms with Crippen LogP contribution in [0.25, 0.3) is 11.1 Å². The Morgan fingerprint density at radius 2 is 1.76 bits per heavy atom. The number of ether oxygens (including phenoxy) is 1. The predicted octanol–water partition coefficient (Wildman–Crippen LogP) is 6.69. The van der Waals surface area contributed by atoms with Gasteiger partial charge in [-0.05, 0) is 74.3 Å². The molecular formula is C34H37ClF3N5O3. The topological polar surface area (TPSA) is 70.9 Å². The summed E-state index contributed by atoms with van der Waals surface area (Å²) >= 11 is 6.45. The Morgan fingerprint density at radius 3 is 2.41 bits per heavy atom. The number of carbonyl (C=O) groups excluding carboxylic acids is 2. The van der Waals surface area contributed by atoms with Crippen molar-refractivity contribution in [1.82, 2.24) is 14.7 Å². The Balaban J connectivity index is 1.08. The van der Waals surface area contributed by atoms with Crippen molar-refractivity contribution < 1.29 is 27.5 Å². The summed E-state index contributed by atoms with van der Waals surface area (Å²) in [4.78, 5) is 31.6. The summed E-state index contributed by atoms with van der Waals surface area (Å²) in [5.41, 5.74) is 2.53. The normalized spacial score (nSPS) is 22.2. The molecule has 1 amide bonds. The predicted molar refractivity (Wildman–Crippen MR) is 169 cm³/mol. The largest absolute Gasteiger partial charge is 0.462 e. The van der Waals surface area contributed by atoms with E-state index in [0.29, 0.717) is 35.7 Å². The van der Waals surface area contributed by atoms with Gasteiger partial charge in [0.2, 0.25) is 5.91 Å². The molecule has 4 fully saturated rings. The Bertz CT molecular complexity index is 1630. The third kappa shape index (κ3) is 5.82. The first-order valence-corrected chi connectivity index (χ1v) is 16.5. The number of nitrogens with zero attached hydrogens (tertiary/aromatic N) is 5. The Kier molecular flexibility index (Phi) is 7.93. The minimum atomic E-state index is -4.78. The summed E-state index contributed by atoms with van der Waals surface area (Å²) in [5.74, 6) is -0.436. The van der Waals surface area contributed by atoms with Crippen LogP contribution in [0.2, 0.25) is 5.02 Å². The lowest BCUT2D eigenvalue weighted by molar-refractivity contribution is -0.145. The van der Waals surface area contributed by atoms with Gasteiger partial charge in [-0.25, -0.2) is 4.79 Å². The van der Waals surface area contributed by atoms with Crippen LogP contribution in [0, 0.1) is 11.3 Å². The average molecular weight is 656 g/mol. The molecule has 8 nitrogen and oxygen atoms in total. The number of piperidine rings is 1. The minimum Gasteiger partial charge on any atom is -0.462 e. The summed E-state index contributed by atoms with van der Waals surface area (Å²) in [6.45, 7) is 5.47. The van der Waals surface area contributed by atoms with Gasteiger partial charge >= 0.3 is 12.1 Å². The molecule has 2 atom stereocenters.